The van der Waals surface area contributed by atoms with E-state index in [1.165, 1.54) is 32.5 Å². The van der Waals surface area contributed by atoms with Gasteiger partial charge in [-0.25, -0.2) is 0 Å². The Labute approximate surface area is 131 Å². The largest absolute Gasteiger partial charge is 0.306 e. The molecule has 1 unspecified atom stereocenters. The van der Waals surface area contributed by atoms with Gasteiger partial charge in [0, 0.05) is 6.54 Å². The van der Waals surface area contributed by atoms with E-state index in [1.54, 1.807) is 0 Å². The molecule has 0 bridgehead atoms. The summed E-state index contributed by atoms with van der Waals surface area (Å²) in [6, 6.07) is 2.44. The van der Waals surface area contributed by atoms with E-state index in [0.717, 1.165) is 38.3 Å². The molecular formula is C17H34N4. The lowest BCUT2D eigenvalue weighted by Crippen LogP contribution is -2.42. The van der Waals surface area contributed by atoms with Crippen LogP contribution in [0.25, 0.3) is 0 Å². The molecule has 0 saturated carbocycles. The molecule has 1 heterocycles. The van der Waals surface area contributed by atoms with E-state index in [1.807, 2.05) is 6.92 Å². The molecule has 0 aromatic carbocycles. The number of piperidine rings is 1. The normalized spacial score (nSPS) is 20.4. The first-order valence-electron chi connectivity index (χ1n) is 8.52. The van der Waals surface area contributed by atoms with Crippen LogP contribution in [-0.2, 0) is 0 Å². The maximum absolute atomic E-state index is 9.33. The van der Waals surface area contributed by atoms with Crippen molar-refractivity contribution in [2.75, 3.05) is 46.8 Å². The van der Waals surface area contributed by atoms with Gasteiger partial charge in [0.05, 0.1) is 6.07 Å². The van der Waals surface area contributed by atoms with Crippen LogP contribution in [0, 0.1) is 17.2 Å². The monoisotopic (exact) mass is 294 g/mol. The molecule has 0 aromatic heterocycles. The van der Waals surface area contributed by atoms with Crippen LogP contribution >= 0.6 is 0 Å². The zero-order valence-corrected chi connectivity index (χ0v) is 14.5. The Kier molecular flexibility index (Phi) is 8.24. The summed E-state index contributed by atoms with van der Waals surface area (Å²) >= 11 is 0. The molecule has 4 heteroatoms. The summed E-state index contributed by atoms with van der Waals surface area (Å²) in [7, 11) is 4.44. The van der Waals surface area contributed by atoms with Gasteiger partial charge < -0.3 is 9.80 Å². The van der Waals surface area contributed by atoms with E-state index in [9.17, 15) is 5.26 Å². The van der Waals surface area contributed by atoms with Gasteiger partial charge in [-0.05, 0) is 85.2 Å². The molecule has 0 aromatic rings. The van der Waals surface area contributed by atoms with Crippen molar-refractivity contribution in [1.29, 1.82) is 5.26 Å². The molecule has 1 saturated heterocycles. The van der Waals surface area contributed by atoms with Gasteiger partial charge in [0.1, 0.15) is 5.54 Å². The topological polar surface area (TPSA) is 42.3 Å². The summed E-state index contributed by atoms with van der Waals surface area (Å²) in [6.45, 7) is 9.88. The number of nitriles is 1. The summed E-state index contributed by atoms with van der Waals surface area (Å²) in [6.07, 6.45) is 5.75. The van der Waals surface area contributed by atoms with E-state index in [4.69, 9.17) is 0 Å². The first-order valence-corrected chi connectivity index (χ1v) is 8.52. The Morgan fingerprint density at radius 2 is 2.05 bits per heavy atom. The first kappa shape index (κ1) is 18.4. The van der Waals surface area contributed by atoms with Crippen LogP contribution in [0.4, 0.5) is 0 Å². The second-order valence-electron chi connectivity index (χ2n) is 6.98. The Morgan fingerprint density at radius 3 is 2.62 bits per heavy atom. The van der Waals surface area contributed by atoms with Crippen LogP contribution in [0.2, 0.25) is 0 Å². The quantitative estimate of drug-likeness (QED) is 0.709. The van der Waals surface area contributed by atoms with Crippen LogP contribution in [0.5, 0.6) is 0 Å². The molecule has 122 valence electrons. The number of hydrogen-bond donors (Lipinski definition) is 1. The minimum Gasteiger partial charge on any atom is -0.306 e. The fourth-order valence-corrected chi connectivity index (χ4v) is 3.06. The third-order valence-corrected chi connectivity index (χ3v) is 4.64. The minimum atomic E-state index is -0.357. The molecule has 0 radical (unpaired) electrons. The highest BCUT2D eigenvalue weighted by Crippen LogP contribution is 2.17. The van der Waals surface area contributed by atoms with E-state index in [0.29, 0.717) is 0 Å². The van der Waals surface area contributed by atoms with E-state index < -0.39 is 0 Å². The average molecular weight is 294 g/mol. The van der Waals surface area contributed by atoms with Crippen molar-refractivity contribution in [2.24, 2.45) is 5.92 Å². The minimum absolute atomic E-state index is 0.357. The SMILES string of the molecule is CCCNC(C)(C#N)CCCN(C)CC1CCN(C)CC1. The van der Waals surface area contributed by atoms with Gasteiger partial charge in [0.15, 0.2) is 0 Å². The Bertz CT molecular complexity index is 317. The van der Waals surface area contributed by atoms with Crippen molar-refractivity contribution >= 4 is 0 Å². The lowest BCUT2D eigenvalue weighted by atomic mass is 9.95. The van der Waals surface area contributed by atoms with Crippen molar-refractivity contribution in [3.05, 3.63) is 0 Å². The maximum Gasteiger partial charge on any atom is 0.103 e. The standard InChI is InChI=1S/C17H34N4/c1-5-10-19-17(2,15-18)9-6-11-21(4)14-16-7-12-20(3)13-8-16/h16,19H,5-14H2,1-4H3. The lowest BCUT2D eigenvalue weighted by Gasteiger charge is -2.32. The summed E-state index contributed by atoms with van der Waals surface area (Å²) < 4.78 is 0. The number of nitrogens with one attached hydrogen (secondary N) is 1. The van der Waals surface area contributed by atoms with Crippen LogP contribution in [-0.4, -0.2) is 62.2 Å². The van der Waals surface area contributed by atoms with Crippen molar-refractivity contribution in [3.63, 3.8) is 0 Å². The molecule has 0 aliphatic carbocycles. The fourth-order valence-electron chi connectivity index (χ4n) is 3.06. The summed E-state index contributed by atoms with van der Waals surface area (Å²) in [5, 5.41) is 12.7. The van der Waals surface area contributed by atoms with Gasteiger partial charge in [-0.2, -0.15) is 5.26 Å². The number of nitrogens with zero attached hydrogens (tertiary/aromatic N) is 3. The zero-order valence-electron chi connectivity index (χ0n) is 14.5. The van der Waals surface area contributed by atoms with Gasteiger partial charge in [-0.15, -0.1) is 0 Å². The van der Waals surface area contributed by atoms with Gasteiger partial charge in [-0.3, -0.25) is 5.32 Å². The van der Waals surface area contributed by atoms with Crippen molar-refractivity contribution in [2.45, 2.75) is 51.5 Å². The smallest absolute Gasteiger partial charge is 0.103 e. The molecule has 1 aliphatic rings. The third kappa shape index (κ3) is 7.26. The van der Waals surface area contributed by atoms with Crippen LogP contribution < -0.4 is 5.32 Å². The Hall–Kier alpha value is -0.630. The molecule has 1 aliphatic heterocycles. The predicted molar refractivity (Wildman–Crippen MR) is 89.3 cm³/mol. The van der Waals surface area contributed by atoms with Gasteiger partial charge in [-0.1, -0.05) is 6.92 Å². The molecular weight excluding hydrogens is 260 g/mol. The summed E-state index contributed by atoms with van der Waals surface area (Å²) in [5.74, 6) is 0.853. The predicted octanol–water partition coefficient (Wildman–Crippen LogP) is 2.32. The highest BCUT2D eigenvalue weighted by atomic mass is 15.1. The summed E-state index contributed by atoms with van der Waals surface area (Å²) in [4.78, 5) is 4.88. The molecule has 1 atom stereocenters. The molecule has 1 fully saturated rings. The maximum atomic E-state index is 9.33. The van der Waals surface area contributed by atoms with E-state index >= 15 is 0 Å². The number of hydrogen-bond acceptors (Lipinski definition) is 4. The zero-order chi connectivity index (χ0) is 15.7. The number of likely N-dealkylation sites (tertiary alicyclic amines) is 1. The van der Waals surface area contributed by atoms with Gasteiger partial charge in [0.2, 0.25) is 0 Å². The van der Waals surface area contributed by atoms with Gasteiger partial charge >= 0.3 is 0 Å². The molecule has 21 heavy (non-hydrogen) atoms. The molecule has 0 spiro atoms. The van der Waals surface area contributed by atoms with Crippen molar-refractivity contribution in [1.82, 2.24) is 15.1 Å². The molecule has 1 rings (SSSR count). The highest BCUT2D eigenvalue weighted by molar-refractivity contribution is 5.03. The fraction of sp³-hybridized carbons (Fsp3) is 0.941. The molecule has 0 amide bonds. The second kappa shape index (κ2) is 9.40. The van der Waals surface area contributed by atoms with Crippen LogP contribution in [0.3, 0.4) is 0 Å². The third-order valence-electron chi connectivity index (χ3n) is 4.64. The van der Waals surface area contributed by atoms with Crippen molar-refractivity contribution in [3.8, 4) is 6.07 Å². The van der Waals surface area contributed by atoms with Crippen LogP contribution in [0.15, 0.2) is 0 Å². The lowest BCUT2D eigenvalue weighted by molar-refractivity contribution is 0.174. The van der Waals surface area contributed by atoms with Crippen LogP contribution in [0.1, 0.15) is 46.0 Å². The Morgan fingerprint density at radius 1 is 1.38 bits per heavy atom. The molecule has 1 N–H and O–H groups in total. The Balaban J connectivity index is 2.20. The summed E-state index contributed by atoms with van der Waals surface area (Å²) in [5.41, 5.74) is -0.357. The first-order chi connectivity index (χ1) is 9.99. The van der Waals surface area contributed by atoms with Crippen molar-refractivity contribution < 1.29 is 0 Å². The van der Waals surface area contributed by atoms with Gasteiger partial charge in [0.25, 0.3) is 0 Å². The average Bonchev–Trinajstić information content (AvgIpc) is 2.47. The van der Waals surface area contributed by atoms with E-state index in [-0.39, 0.29) is 5.54 Å². The second-order valence-corrected chi connectivity index (χ2v) is 6.98. The highest BCUT2D eigenvalue weighted by Gasteiger charge is 2.22. The number of rotatable bonds is 9. The molecule has 4 nitrogen and oxygen atoms in total. The van der Waals surface area contributed by atoms with E-state index in [2.05, 4.69) is 42.2 Å².